The minimum absolute atomic E-state index is 0.00676. The molecule has 1 heterocycles. The highest BCUT2D eigenvalue weighted by Gasteiger charge is 2.18. The van der Waals surface area contributed by atoms with Crippen molar-refractivity contribution in [2.75, 3.05) is 0 Å². The van der Waals surface area contributed by atoms with E-state index >= 15 is 0 Å². The van der Waals surface area contributed by atoms with Gasteiger partial charge in [-0.1, -0.05) is 19.1 Å². The van der Waals surface area contributed by atoms with Crippen molar-refractivity contribution in [2.24, 2.45) is 0 Å². The second kappa shape index (κ2) is 6.53. The van der Waals surface area contributed by atoms with Gasteiger partial charge in [0.25, 0.3) is 0 Å². The smallest absolute Gasteiger partial charge is 0.120 e. The van der Waals surface area contributed by atoms with E-state index < -0.39 is 6.10 Å². The van der Waals surface area contributed by atoms with E-state index in [9.17, 15) is 5.11 Å². The first-order chi connectivity index (χ1) is 9.58. The van der Waals surface area contributed by atoms with Crippen LogP contribution < -0.4 is 4.74 Å². The molecule has 0 bridgehead atoms. The number of aromatic nitrogens is 1. The van der Waals surface area contributed by atoms with Gasteiger partial charge in [0.1, 0.15) is 5.75 Å². The number of aliphatic hydroxyl groups is 1. The molecular formula is C17H21NO2. The van der Waals surface area contributed by atoms with Gasteiger partial charge >= 0.3 is 0 Å². The number of hydrogen-bond acceptors (Lipinski definition) is 3. The highest BCUT2D eigenvalue weighted by molar-refractivity contribution is 5.32. The predicted molar refractivity (Wildman–Crippen MR) is 79.8 cm³/mol. The Morgan fingerprint density at radius 1 is 1.00 bits per heavy atom. The van der Waals surface area contributed by atoms with Gasteiger partial charge in [-0.3, -0.25) is 4.98 Å². The Morgan fingerprint density at radius 3 is 2.35 bits per heavy atom. The third-order valence-electron chi connectivity index (χ3n) is 3.28. The first kappa shape index (κ1) is 14.5. The molecule has 0 saturated carbocycles. The van der Waals surface area contributed by atoms with Gasteiger partial charge in [0, 0.05) is 18.3 Å². The maximum atomic E-state index is 10.5. The number of aliphatic hydroxyl groups excluding tert-OH is 1. The number of nitrogens with zero attached hydrogens (tertiary/aromatic N) is 1. The molecule has 3 heteroatoms. The molecule has 0 spiro atoms. The molecule has 2 unspecified atom stereocenters. The molecular weight excluding hydrogens is 250 g/mol. The summed E-state index contributed by atoms with van der Waals surface area (Å²) in [4.78, 5) is 4.01. The Hall–Kier alpha value is -1.87. The van der Waals surface area contributed by atoms with Crippen LogP contribution in [0.1, 0.15) is 43.9 Å². The molecule has 3 nitrogen and oxygen atoms in total. The molecule has 1 aromatic carbocycles. The van der Waals surface area contributed by atoms with Crippen molar-refractivity contribution in [3.63, 3.8) is 0 Å². The van der Waals surface area contributed by atoms with Gasteiger partial charge in [-0.25, -0.2) is 0 Å². The van der Waals surface area contributed by atoms with Crippen LogP contribution in [0.25, 0.3) is 0 Å². The summed E-state index contributed by atoms with van der Waals surface area (Å²) >= 11 is 0. The average molecular weight is 271 g/mol. The lowest BCUT2D eigenvalue weighted by atomic mass is 9.91. The molecule has 0 saturated heterocycles. The second-order valence-electron chi connectivity index (χ2n) is 5.25. The molecule has 0 aliphatic heterocycles. The molecule has 1 N–H and O–H groups in total. The summed E-state index contributed by atoms with van der Waals surface area (Å²) < 4.78 is 5.67. The first-order valence-corrected chi connectivity index (χ1v) is 6.92. The van der Waals surface area contributed by atoms with E-state index in [0.717, 1.165) is 16.9 Å². The number of benzene rings is 1. The largest absolute Gasteiger partial charge is 0.491 e. The zero-order chi connectivity index (χ0) is 14.5. The highest BCUT2D eigenvalue weighted by atomic mass is 16.5. The van der Waals surface area contributed by atoms with Gasteiger partial charge in [0.15, 0.2) is 0 Å². The maximum absolute atomic E-state index is 10.5. The molecule has 106 valence electrons. The van der Waals surface area contributed by atoms with E-state index in [4.69, 9.17) is 4.74 Å². The molecule has 0 amide bonds. The van der Waals surface area contributed by atoms with Crippen LogP contribution in [-0.4, -0.2) is 16.2 Å². The molecule has 1 aromatic heterocycles. The number of ether oxygens (including phenoxy) is 1. The van der Waals surface area contributed by atoms with E-state index in [1.807, 2.05) is 57.2 Å². The zero-order valence-corrected chi connectivity index (χ0v) is 12.2. The van der Waals surface area contributed by atoms with E-state index in [2.05, 4.69) is 4.98 Å². The van der Waals surface area contributed by atoms with Crippen LogP contribution in [0.2, 0.25) is 0 Å². The van der Waals surface area contributed by atoms with Gasteiger partial charge in [0.2, 0.25) is 0 Å². The van der Waals surface area contributed by atoms with E-state index in [0.29, 0.717) is 0 Å². The summed E-state index contributed by atoms with van der Waals surface area (Å²) in [5.41, 5.74) is 1.94. The van der Waals surface area contributed by atoms with Crippen LogP contribution in [0.5, 0.6) is 5.75 Å². The summed E-state index contributed by atoms with van der Waals surface area (Å²) in [6.45, 7) is 5.99. The van der Waals surface area contributed by atoms with Crippen molar-refractivity contribution in [1.29, 1.82) is 0 Å². The lowest BCUT2D eigenvalue weighted by Crippen LogP contribution is -2.09. The highest BCUT2D eigenvalue weighted by Crippen LogP contribution is 2.31. The maximum Gasteiger partial charge on any atom is 0.120 e. The lowest BCUT2D eigenvalue weighted by molar-refractivity contribution is 0.150. The van der Waals surface area contributed by atoms with Crippen LogP contribution in [0.4, 0.5) is 0 Å². The predicted octanol–water partition coefficient (Wildman–Crippen LogP) is 3.71. The summed E-state index contributed by atoms with van der Waals surface area (Å²) in [6, 6.07) is 11.5. The Morgan fingerprint density at radius 2 is 1.70 bits per heavy atom. The normalized spacial score (nSPS) is 14.1. The third-order valence-corrected chi connectivity index (χ3v) is 3.28. The van der Waals surface area contributed by atoms with Gasteiger partial charge < -0.3 is 9.84 Å². The third kappa shape index (κ3) is 3.58. The van der Waals surface area contributed by atoms with Crippen molar-refractivity contribution < 1.29 is 9.84 Å². The fourth-order valence-corrected chi connectivity index (χ4v) is 2.18. The topological polar surface area (TPSA) is 42.4 Å². The van der Waals surface area contributed by atoms with E-state index in [1.165, 1.54) is 0 Å². The van der Waals surface area contributed by atoms with Crippen molar-refractivity contribution >= 4 is 0 Å². The number of hydrogen-bond donors (Lipinski definition) is 1. The van der Waals surface area contributed by atoms with Crippen LogP contribution in [0.15, 0.2) is 48.8 Å². The second-order valence-corrected chi connectivity index (χ2v) is 5.25. The minimum atomic E-state index is -0.562. The molecule has 2 aromatic rings. The van der Waals surface area contributed by atoms with Gasteiger partial charge in [0.05, 0.1) is 12.2 Å². The van der Waals surface area contributed by atoms with Gasteiger partial charge in [-0.15, -0.1) is 0 Å². The van der Waals surface area contributed by atoms with E-state index in [-0.39, 0.29) is 12.0 Å². The van der Waals surface area contributed by atoms with Crippen molar-refractivity contribution in [3.05, 3.63) is 59.9 Å². The lowest BCUT2D eigenvalue weighted by Gasteiger charge is -2.20. The van der Waals surface area contributed by atoms with Gasteiger partial charge in [-0.05, 0) is 49.2 Å². The fourth-order valence-electron chi connectivity index (χ4n) is 2.18. The number of pyridine rings is 1. The molecule has 0 aliphatic rings. The Balaban J connectivity index is 2.18. The molecule has 0 radical (unpaired) electrons. The molecule has 20 heavy (non-hydrogen) atoms. The Bertz CT molecular complexity index is 540. The summed E-state index contributed by atoms with van der Waals surface area (Å²) in [5, 5.41) is 10.5. The zero-order valence-electron chi connectivity index (χ0n) is 12.2. The Kier molecular flexibility index (Phi) is 4.74. The standard InChI is InChI=1S/C17H21NO2/c1-12(2)20-16-6-4-5-15(11-16)17(19)13(3)14-7-9-18-10-8-14/h4-13,17,19H,1-3H3. The SMILES string of the molecule is CC(C)Oc1cccc(C(O)C(C)c2ccncc2)c1. The molecule has 0 fully saturated rings. The fraction of sp³-hybridized carbons (Fsp3) is 0.353. The summed E-state index contributed by atoms with van der Waals surface area (Å²) in [6.07, 6.45) is 3.06. The Labute approximate surface area is 120 Å². The summed E-state index contributed by atoms with van der Waals surface area (Å²) in [5.74, 6) is 0.797. The molecule has 2 atom stereocenters. The van der Waals surface area contributed by atoms with Crippen molar-refractivity contribution in [1.82, 2.24) is 4.98 Å². The average Bonchev–Trinajstić information content (AvgIpc) is 2.46. The quantitative estimate of drug-likeness (QED) is 0.901. The van der Waals surface area contributed by atoms with Crippen molar-refractivity contribution in [3.8, 4) is 5.75 Å². The first-order valence-electron chi connectivity index (χ1n) is 6.92. The molecule has 0 aliphatic carbocycles. The monoisotopic (exact) mass is 271 g/mol. The van der Waals surface area contributed by atoms with E-state index in [1.54, 1.807) is 12.4 Å². The number of rotatable bonds is 5. The summed E-state index contributed by atoms with van der Waals surface area (Å²) in [7, 11) is 0. The molecule has 2 rings (SSSR count). The van der Waals surface area contributed by atoms with Gasteiger partial charge in [-0.2, -0.15) is 0 Å². The van der Waals surface area contributed by atoms with Crippen LogP contribution in [0, 0.1) is 0 Å². The van der Waals surface area contributed by atoms with Crippen molar-refractivity contribution in [2.45, 2.75) is 38.9 Å². The van der Waals surface area contributed by atoms with Crippen LogP contribution in [-0.2, 0) is 0 Å². The minimum Gasteiger partial charge on any atom is -0.491 e. The van der Waals surface area contributed by atoms with Crippen LogP contribution in [0.3, 0.4) is 0 Å². The van der Waals surface area contributed by atoms with Crippen LogP contribution >= 0.6 is 0 Å².